The van der Waals surface area contributed by atoms with Crippen molar-refractivity contribution in [2.75, 3.05) is 13.2 Å². The molecule has 2 heterocycles. The van der Waals surface area contributed by atoms with E-state index >= 15 is 0 Å². The Morgan fingerprint density at radius 3 is 2.72 bits per heavy atom. The molecule has 3 rings (SSSR count). The largest absolute Gasteiger partial charge is 0.470 e. The summed E-state index contributed by atoms with van der Waals surface area (Å²) < 4.78 is 74.0. The van der Waals surface area contributed by atoms with E-state index in [1.165, 1.54) is 12.1 Å². The molecule has 0 aliphatic carbocycles. The van der Waals surface area contributed by atoms with Gasteiger partial charge < -0.3 is 14.8 Å². The average molecular weight is 437 g/mol. The molecular weight excluding hydrogens is 423 g/mol. The zero-order valence-electron chi connectivity index (χ0n) is 14.7. The molecule has 0 radical (unpaired) electrons. The number of hydrogen-bond donors (Lipinski definition) is 1. The number of alkyl halides is 3. The summed E-state index contributed by atoms with van der Waals surface area (Å²) in [6, 6.07) is 4.56. The van der Waals surface area contributed by atoms with Crippen LogP contribution in [0.5, 0.6) is 5.88 Å². The van der Waals surface area contributed by atoms with Crippen LogP contribution in [0.2, 0.25) is 5.15 Å². The van der Waals surface area contributed by atoms with Crippen LogP contribution in [0.4, 0.5) is 26.7 Å². The van der Waals surface area contributed by atoms with Crippen LogP contribution in [0, 0.1) is 11.6 Å². The molecule has 0 saturated heterocycles. The number of nitrogens with zero attached hydrogens (tertiary/aromatic N) is 1. The van der Waals surface area contributed by atoms with Gasteiger partial charge in [-0.05, 0) is 36.6 Å². The van der Waals surface area contributed by atoms with Crippen LogP contribution in [0.15, 0.2) is 24.3 Å². The van der Waals surface area contributed by atoms with Gasteiger partial charge in [-0.15, -0.1) is 0 Å². The lowest BCUT2D eigenvalue weighted by atomic mass is 9.95. The quantitative estimate of drug-likeness (QED) is 0.559. The van der Waals surface area contributed by atoms with Crippen LogP contribution in [0.1, 0.15) is 12.0 Å². The van der Waals surface area contributed by atoms with Crippen molar-refractivity contribution in [1.82, 2.24) is 10.3 Å². The van der Waals surface area contributed by atoms with Crippen molar-refractivity contribution in [3.05, 3.63) is 46.6 Å². The van der Waals surface area contributed by atoms with Crippen molar-refractivity contribution < 1.29 is 36.2 Å². The predicted molar refractivity (Wildman–Crippen MR) is 92.7 cm³/mol. The Hall–Kier alpha value is -2.62. The van der Waals surface area contributed by atoms with Crippen molar-refractivity contribution in [3.63, 3.8) is 0 Å². The summed E-state index contributed by atoms with van der Waals surface area (Å²) in [6.45, 7) is -1.82. The Morgan fingerprint density at radius 2 is 2.03 bits per heavy atom. The number of alkyl carbamates (subject to hydrolysis) is 1. The predicted octanol–water partition coefficient (Wildman–Crippen LogP) is 4.66. The zero-order valence-corrected chi connectivity index (χ0v) is 15.4. The maximum Gasteiger partial charge on any atom is 0.407 e. The topological polar surface area (TPSA) is 60.5 Å². The number of hydrogen-bond acceptors (Lipinski definition) is 4. The molecule has 1 amide bonds. The van der Waals surface area contributed by atoms with Gasteiger partial charge in [-0.2, -0.15) is 13.2 Å². The number of fused-ring (bicyclic) bond motifs is 1. The second kappa shape index (κ2) is 8.40. The van der Waals surface area contributed by atoms with Gasteiger partial charge in [-0.25, -0.2) is 18.6 Å². The minimum atomic E-state index is -4.55. The molecule has 0 spiro atoms. The molecule has 0 saturated carbocycles. The molecule has 5 nitrogen and oxygen atoms in total. The number of amides is 1. The smallest absolute Gasteiger partial charge is 0.407 e. The standard InChI is InChI=1S/C18H14ClF5N2O3/c19-15-6-13(11-3-1-9(20)5-14(11)21)12-4-2-10(29-16(12)26-15)7-28-17(27)25-8-18(22,23)24/h1,3,5-6,10H,2,4,7-8H2,(H,25,27). The third-order valence-electron chi connectivity index (χ3n) is 4.10. The molecule has 0 bridgehead atoms. The number of halogens is 6. The van der Waals surface area contributed by atoms with E-state index in [1.807, 2.05) is 0 Å². The second-order valence-electron chi connectivity index (χ2n) is 6.25. The van der Waals surface area contributed by atoms with E-state index in [-0.39, 0.29) is 23.2 Å². The molecule has 1 aliphatic rings. The molecule has 1 aliphatic heterocycles. The molecule has 0 fully saturated rings. The normalized spacial score (nSPS) is 16.0. The maximum atomic E-state index is 14.2. The number of rotatable bonds is 4. The molecule has 2 aromatic rings. The van der Waals surface area contributed by atoms with E-state index in [0.29, 0.717) is 24.0 Å². The van der Waals surface area contributed by atoms with Gasteiger partial charge in [0.05, 0.1) is 0 Å². The SMILES string of the molecule is O=C(NCC(F)(F)F)OCC1CCc2c(-c3ccc(F)cc3F)cc(Cl)nc2O1. The highest BCUT2D eigenvalue weighted by molar-refractivity contribution is 6.29. The maximum absolute atomic E-state index is 14.2. The van der Waals surface area contributed by atoms with E-state index in [0.717, 1.165) is 12.1 Å². The minimum absolute atomic E-state index is 0.00645. The Balaban J connectivity index is 1.71. The first-order chi connectivity index (χ1) is 13.6. The second-order valence-corrected chi connectivity index (χ2v) is 6.63. The van der Waals surface area contributed by atoms with Crippen LogP contribution in [-0.4, -0.2) is 36.5 Å². The Kier molecular flexibility index (Phi) is 6.11. The van der Waals surface area contributed by atoms with Gasteiger partial charge in [0.25, 0.3) is 0 Å². The summed E-state index contributed by atoms with van der Waals surface area (Å²) in [6.07, 6.45) is -5.77. The number of pyridine rings is 1. The van der Waals surface area contributed by atoms with Crippen LogP contribution in [0.25, 0.3) is 11.1 Å². The highest BCUT2D eigenvalue weighted by Crippen LogP contribution is 2.37. The first-order valence-corrected chi connectivity index (χ1v) is 8.79. The van der Waals surface area contributed by atoms with Gasteiger partial charge in [0, 0.05) is 17.2 Å². The fourth-order valence-corrected chi connectivity index (χ4v) is 3.02. The highest BCUT2D eigenvalue weighted by atomic mass is 35.5. The molecule has 1 atom stereocenters. The molecular formula is C18H14ClF5N2O3. The Bertz CT molecular complexity index is 923. The van der Waals surface area contributed by atoms with Crippen LogP contribution in [0.3, 0.4) is 0 Å². The summed E-state index contributed by atoms with van der Waals surface area (Å²) in [7, 11) is 0. The molecule has 1 aromatic heterocycles. The zero-order chi connectivity index (χ0) is 21.2. The van der Waals surface area contributed by atoms with Crippen molar-refractivity contribution in [3.8, 4) is 17.0 Å². The molecule has 29 heavy (non-hydrogen) atoms. The van der Waals surface area contributed by atoms with E-state index in [1.54, 1.807) is 5.32 Å². The summed E-state index contributed by atoms with van der Waals surface area (Å²) in [5, 5.41) is 1.59. The third-order valence-corrected chi connectivity index (χ3v) is 4.30. The molecule has 1 N–H and O–H groups in total. The van der Waals surface area contributed by atoms with Crippen LogP contribution >= 0.6 is 11.6 Å². The average Bonchev–Trinajstić information content (AvgIpc) is 2.63. The Labute approximate surface area is 166 Å². The number of benzene rings is 1. The van der Waals surface area contributed by atoms with E-state index in [4.69, 9.17) is 21.1 Å². The summed E-state index contributed by atoms with van der Waals surface area (Å²) in [5.41, 5.74) is 1.05. The van der Waals surface area contributed by atoms with Crippen molar-refractivity contribution in [2.24, 2.45) is 0 Å². The van der Waals surface area contributed by atoms with Crippen molar-refractivity contribution in [1.29, 1.82) is 0 Å². The van der Waals surface area contributed by atoms with E-state index < -0.39 is 36.6 Å². The first-order valence-electron chi connectivity index (χ1n) is 8.41. The molecule has 1 aromatic carbocycles. The van der Waals surface area contributed by atoms with E-state index in [9.17, 15) is 26.7 Å². The van der Waals surface area contributed by atoms with Gasteiger partial charge in [-0.3, -0.25) is 0 Å². The number of nitrogens with one attached hydrogen (secondary N) is 1. The van der Waals surface area contributed by atoms with Crippen LogP contribution in [-0.2, 0) is 11.2 Å². The van der Waals surface area contributed by atoms with Gasteiger partial charge in [0.2, 0.25) is 5.88 Å². The minimum Gasteiger partial charge on any atom is -0.470 e. The number of ether oxygens (including phenoxy) is 2. The van der Waals surface area contributed by atoms with Crippen molar-refractivity contribution >= 4 is 17.7 Å². The third kappa shape index (κ3) is 5.47. The summed E-state index contributed by atoms with van der Waals surface area (Å²) in [4.78, 5) is 15.4. The fraction of sp³-hybridized carbons (Fsp3) is 0.333. The number of carbonyl (C=O) groups excluding carboxylic acids is 1. The molecule has 1 unspecified atom stereocenters. The van der Waals surface area contributed by atoms with Crippen LogP contribution < -0.4 is 10.1 Å². The van der Waals surface area contributed by atoms with Gasteiger partial charge in [0.1, 0.15) is 36.0 Å². The Morgan fingerprint density at radius 1 is 1.28 bits per heavy atom. The van der Waals surface area contributed by atoms with Gasteiger partial charge in [0.15, 0.2) is 0 Å². The lowest BCUT2D eigenvalue weighted by molar-refractivity contribution is -0.123. The molecule has 11 heteroatoms. The summed E-state index contributed by atoms with van der Waals surface area (Å²) >= 11 is 5.98. The summed E-state index contributed by atoms with van der Waals surface area (Å²) in [5.74, 6) is -1.41. The molecule has 156 valence electrons. The van der Waals surface area contributed by atoms with Gasteiger partial charge in [-0.1, -0.05) is 11.6 Å². The fourth-order valence-electron chi connectivity index (χ4n) is 2.84. The lowest BCUT2D eigenvalue weighted by Crippen LogP contribution is -2.37. The number of carbonyl (C=O) groups is 1. The first kappa shape index (κ1) is 21.1. The van der Waals surface area contributed by atoms with E-state index in [2.05, 4.69) is 4.98 Å². The van der Waals surface area contributed by atoms with Crippen molar-refractivity contribution in [2.45, 2.75) is 25.1 Å². The monoisotopic (exact) mass is 436 g/mol. The number of aromatic nitrogens is 1. The highest BCUT2D eigenvalue weighted by Gasteiger charge is 2.29. The van der Waals surface area contributed by atoms with Gasteiger partial charge >= 0.3 is 12.3 Å². The lowest BCUT2D eigenvalue weighted by Gasteiger charge is -2.26.